The number of hydrogen-bond donors (Lipinski definition) is 1. The molecular weight excluding hydrogens is 373 g/mol. The summed E-state index contributed by atoms with van der Waals surface area (Å²) in [5, 5.41) is 21.4. The molecule has 28 heavy (non-hydrogen) atoms. The van der Waals surface area contributed by atoms with Gasteiger partial charge in [0.1, 0.15) is 24.5 Å². The van der Waals surface area contributed by atoms with Gasteiger partial charge in [-0.05, 0) is 43.9 Å². The maximum atomic E-state index is 12.8. The number of halogens is 3. The van der Waals surface area contributed by atoms with Crippen molar-refractivity contribution in [2.24, 2.45) is 0 Å². The third-order valence-corrected chi connectivity index (χ3v) is 5.09. The Hall–Kier alpha value is -2.78. The summed E-state index contributed by atoms with van der Waals surface area (Å²) in [6, 6.07) is 5.71. The molecule has 0 saturated carbocycles. The molecule has 1 N–H and O–H groups in total. The first-order valence-corrected chi connectivity index (χ1v) is 9.03. The fourth-order valence-electron chi connectivity index (χ4n) is 3.62. The van der Waals surface area contributed by atoms with Crippen LogP contribution >= 0.6 is 0 Å². The zero-order chi connectivity index (χ0) is 20.3. The van der Waals surface area contributed by atoms with Gasteiger partial charge in [-0.25, -0.2) is 0 Å². The van der Waals surface area contributed by atoms with E-state index >= 15 is 0 Å². The lowest BCUT2D eigenvalue weighted by Crippen LogP contribution is -2.47. The third-order valence-electron chi connectivity index (χ3n) is 5.09. The van der Waals surface area contributed by atoms with Crippen molar-refractivity contribution in [3.05, 3.63) is 29.3 Å². The van der Waals surface area contributed by atoms with Crippen molar-refractivity contribution < 1.29 is 22.7 Å². The van der Waals surface area contributed by atoms with Crippen LogP contribution in [0.15, 0.2) is 18.2 Å². The molecule has 3 atom stereocenters. The van der Waals surface area contributed by atoms with Gasteiger partial charge in [0.05, 0.1) is 23.2 Å². The molecule has 9 heteroatoms. The Bertz CT molecular complexity index is 828. The second-order valence-corrected chi connectivity index (χ2v) is 6.94. The highest BCUT2D eigenvalue weighted by molar-refractivity contribution is 5.83. The summed E-state index contributed by atoms with van der Waals surface area (Å²) in [5.74, 6) is -0.0186. The first-order chi connectivity index (χ1) is 13.3. The van der Waals surface area contributed by atoms with E-state index in [2.05, 4.69) is 11.4 Å². The largest absolute Gasteiger partial charge is 0.491 e. The van der Waals surface area contributed by atoms with Gasteiger partial charge < -0.3 is 9.64 Å². The van der Waals surface area contributed by atoms with Crippen LogP contribution in [-0.4, -0.2) is 42.1 Å². The van der Waals surface area contributed by atoms with Crippen LogP contribution in [0, 0.1) is 22.7 Å². The van der Waals surface area contributed by atoms with Crippen LogP contribution in [0.2, 0.25) is 0 Å². The van der Waals surface area contributed by atoms with Crippen molar-refractivity contribution >= 4 is 5.91 Å². The van der Waals surface area contributed by atoms with Gasteiger partial charge in [0, 0.05) is 12.6 Å². The lowest BCUT2D eigenvalue weighted by molar-refractivity contribution is -0.137. The van der Waals surface area contributed by atoms with Crippen molar-refractivity contribution in [1.82, 2.24) is 10.2 Å². The highest BCUT2D eigenvalue weighted by Gasteiger charge is 2.37. The van der Waals surface area contributed by atoms with E-state index in [0.717, 1.165) is 24.6 Å². The molecule has 2 aliphatic rings. The fraction of sp³-hybridized carbons (Fsp3) is 0.526. The number of likely N-dealkylation sites (tertiary alicyclic amines) is 1. The maximum absolute atomic E-state index is 12.8. The topological polar surface area (TPSA) is 89.2 Å². The number of nitrogens with one attached hydrogen (secondary N) is 1. The fourth-order valence-corrected chi connectivity index (χ4v) is 3.62. The van der Waals surface area contributed by atoms with Gasteiger partial charge in [-0.3, -0.25) is 10.1 Å². The summed E-state index contributed by atoms with van der Waals surface area (Å²) >= 11 is 0. The summed E-state index contributed by atoms with van der Waals surface area (Å²) in [6.45, 7) is 0.707. The van der Waals surface area contributed by atoms with Crippen molar-refractivity contribution in [2.75, 3.05) is 13.2 Å². The van der Waals surface area contributed by atoms with Crippen LogP contribution in [0.25, 0.3) is 0 Å². The predicted molar refractivity (Wildman–Crippen MR) is 91.9 cm³/mol. The highest BCUT2D eigenvalue weighted by Crippen LogP contribution is 2.32. The smallest absolute Gasteiger partial charge is 0.416 e. The minimum Gasteiger partial charge on any atom is -0.491 e. The van der Waals surface area contributed by atoms with Crippen LogP contribution in [0.5, 0.6) is 5.75 Å². The lowest BCUT2D eigenvalue weighted by Gasteiger charge is -2.24. The van der Waals surface area contributed by atoms with Crippen LogP contribution in [0.1, 0.15) is 36.8 Å². The number of rotatable bonds is 4. The number of hydrogen-bond acceptors (Lipinski definition) is 5. The van der Waals surface area contributed by atoms with Gasteiger partial charge in [0.15, 0.2) is 0 Å². The van der Waals surface area contributed by atoms with Crippen LogP contribution in [0.3, 0.4) is 0 Å². The lowest BCUT2D eigenvalue weighted by atomic mass is 10.1. The normalized spacial score (nSPS) is 24.6. The molecule has 6 nitrogen and oxygen atoms in total. The molecular formula is C19H19F3N4O2. The van der Waals surface area contributed by atoms with Crippen molar-refractivity contribution in [3.8, 4) is 17.9 Å². The molecule has 1 amide bonds. The van der Waals surface area contributed by atoms with Gasteiger partial charge in [-0.2, -0.15) is 23.7 Å². The van der Waals surface area contributed by atoms with E-state index in [1.165, 1.54) is 0 Å². The van der Waals surface area contributed by atoms with Gasteiger partial charge >= 0.3 is 6.18 Å². The Morgan fingerprint density at radius 2 is 2.07 bits per heavy atom. The average Bonchev–Trinajstić information content (AvgIpc) is 3.34. The number of carbonyl (C=O) groups is 1. The molecule has 0 unspecified atom stereocenters. The number of benzene rings is 1. The van der Waals surface area contributed by atoms with Crippen molar-refractivity contribution in [1.29, 1.82) is 10.5 Å². The molecule has 2 heterocycles. The molecule has 0 aliphatic carbocycles. The second kappa shape index (κ2) is 8.07. The number of alkyl halides is 3. The molecule has 3 rings (SSSR count). The standard InChI is InChI=1S/C19H19F3N4O2/c20-19(21,22)13-3-6-17(12(8-13)9-23)28-11-14-4-5-16(25-14)18(27)26-7-1-2-15(26)10-24/h3,6,8,14-16,25H,1-2,4-5,7,11H2/t14-,15+,16-/m1/s1. The first-order valence-electron chi connectivity index (χ1n) is 9.03. The summed E-state index contributed by atoms with van der Waals surface area (Å²) in [6.07, 6.45) is -1.77. The quantitative estimate of drug-likeness (QED) is 0.851. The molecule has 0 bridgehead atoms. The number of amides is 1. The Kier molecular flexibility index (Phi) is 5.76. The molecule has 1 aromatic carbocycles. The van der Waals surface area contributed by atoms with Crippen LogP contribution in [-0.2, 0) is 11.0 Å². The van der Waals surface area contributed by atoms with E-state index < -0.39 is 17.8 Å². The third kappa shape index (κ3) is 4.20. The first kappa shape index (κ1) is 20.0. The van der Waals surface area contributed by atoms with E-state index in [4.69, 9.17) is 15.3 Å². The minimum atomic E-state index is -4.53. The number of carbonyl (C=O) groups excluding carboxylic acids is 1. The predicted octanol–water partition coefficient (Wildman–Crippen LogP) is 2.59. The number of nitriles is 2. The molecule has 0 radical (unpaired) electrons. The maximum Gasteiger partial charge on any atom is 0.416 e. The second-order valence-electron chi connectivity index (χ2n) is 6.94. The van der Waals surface area contributed by atoms with Gasteiger partial charge in [-0.15, -0.1) is 0 Å². The van der Waals surface area contributed by atoms with Gasteiger partial charge in [0.25, 0.3) is 0 Å². The van der Waals surface area contributed by atoms with Gasteiger partial charge in [0.2, 0.25) is 5.91 Å². The Labute approximate surface area is 160 Å². The van der Waals surface area contributed by atoms with Crippen LogP contribution < -0.4 is 10.1 Å². The van der Waals surface area contributed by atoms with E-state index in [0.29, 0.717) is 25.8 Å². The van der Waals surface area contributed by atoms with Crippen molar-refractivity contribution in [2.45, 2.75) is 50.0 Å². The molecule has 0 aromatic heterocycles. The van der Waals surface area contributed by atoms with Gasteiger partial charge in [-0.1, -0.05) is 0 Å². The van der Waals surface area contributed by atoms with Crippen LogP contribution in [0.4, 0.5) is 13.2 Å². The Morgan fingerprint density at radius 3 is 2.75 bits per heavy atom. The molecule has 1 aromatic rings. The SMILES string of the molecule is N#Cc1cc(C(F)(F)F)ccc1OC[C@H]1CC[C@H](C(=O)N2CCC[C@H]2C#N)N1. The molecule has 0 spiro atoms. The Morgan fingerprint density at radius 1 is 1.29 bits per heavy atom. The summed E-state index contributed by atoms with van der Waals surface area (Å²) in [5.41, 5.74) is -1.09. The summed E-state index contributed by atoms with van der Waals surface area (Å²) < 4.78 is 43.8. The molecule has 148 valence electrons. The monoisotopic (exact) mass is 392 g/mol. The van der Waals surface area contributed by atoms with E-state index in [1.54, 1.807) is 11.0 Å². The average molecular weight is 392 g/mol. The minimum absolute atomic E-state index is 0.0798. The molecule has 2 aliphatic heterocycles. The summed E-state index contributed by atoms with van der Waals surface area (Å²) in [4.78, 5) is 14.2. The summed E-state index contributed by atoms with van der Waals surface area (Å²) in [7, 11) is 0. The molecule has 2 fully saturated rings. The molecule has 2 saturated heterocycles. The van der Waals surface area contributed by atoms with E-state index in [9.17, 15) is 18.0 Å². The Balaban J connectivity index is 1.57. The van der Waals surface area contributed by atoms with E-state index in [-0.39, 0.29) is 35.9 Å². The zero-order valence-electron chi connectivity index (χ0n) is 15.0. The van der Waals surface area contributed by atoms with Crippen molar-refractivity contribution in [3.63, 3.8) is 0 Å². The van der Waals surface area contributed by atoms with E-state index in [1.807, 2.05) is 0 Å². The number of nitrogens with zero attached hydrogens (tertiary/aromatic N) is 3. The highest BCUT2D eigenvalue weighted by atomic mass is 19.4. The zero-order valence-corrected chi connectivity index (χ0v) is 15.0. The number of ether oxygens (including phenoxy) is 1.